The number of methoxy groups -OCH3 is 1. The number of anilines is 2. The molecule has 0 saturated heterocycles. The van der Waals surface area contributed by atoms with Crippen LogP contribution in [0.15, 0.2) is 24.3 Å². The number of rotatable bonds is 6. The Kier molecular flexibility index (Phi) is 6.15. The van der Waals surface area contributed by atoms with Gasteiger partial charge in [0, 0.05) is 17.8 Å². The maximum Gasteiger partial charge on any atom is 0.411 e. The van der Waals surface area contributed by atoms with Gasteiger partial charge in [-0.05, 0) is 24.6 Å². The minimum atomic E-state index is -1.01. The number of carboxylic acid groups (broad SMARTS) is 1. The van der Waals surface area contributed by atoms with E-state index in [1.54, 1.807) is 18.2 Å². The van der Waals surface area contributed by atoms with Gasteiger partial charge in [-0.25, -0.2) is 4.79 Å². The lowest BCUT2D eigenvalue weighted by molar-refractivity contribution is -0.137. The minimum Gasteiger partial charge on any atom is -0.481 e. The maximum atomic E-state index is 11.8. The number of carbonyl (C=O) groups excluding carboxylic acids is 2. The molecule has 0 aromatic heterocycles. The summed E-state index contributed by atoms with van der Waals surface area (Å²) in [7, 11) is 1.24. The first-order chi connectivity index (χ1) is 9.92. The maximum absolute atomic E-state index is 11.8. The SMILES string of the molecule is COC(=O)Nc1cccc(NC(=O)C(N)CCC(=O)O)c1. The third kappa shape index (κ3) is 5.91. The number of nitrogens with two attached hydrogens (primary N) is 1. The molecule has 1 unspecified atom stereocenters. The summed E-state index contributed by atoms with van der Waals surface area (Å²) in [6, 6.07) is 5.47. The number of amides is 2. The van der Waals surface area contributed by atoms with Gasteiger partial charge in [0.05, 0.1) is 13.2 Å². The van der Waals surface area contributed by atoms with E-state index >= 15 is 0 Å². The van der Waals surface area contributed by atoms with Crippen molar-refractivity contribution in [1.82, 2.24) is 0 Å². The fraction of sp³-hybridized carbons (Fsp3) is 0.308. The van der Waals surface area contributed by atoms with E-state index in [-0.39, 0.29) is 12.8 Å². The van der Waals surface area contributed by atoms with Crippen LogP contribution in [0.1, 0.15) is 12.8 Å². The number of carboxylic acids is 1. The van der Waals surface area contributed by atoms with Gasteiger partial charge in [-0.3, -0.25) is 14.9 Å². The van der Waals surface area contributed by atoms with E-state index in [9.17, 15) is 14.4 Å². The first-order valence-corrected chi connectivity index (χ1v) is 6.15. The Morgan fingerprint density at radius 2 is 1.90 bits per heavy atom. The highest BCUT2D eigenvalue weighted by atomic mass is 16.5. The van der Waals surface area contributed by atoms with Crippen LogP contribution in [-0.2, 0) is 14.3 Å². The average Bonchev–Trinajstić information content (AvgIpc) is 2.44. The van der Waals surface area contributed by atoms with E-state index < -0.39 is 24.0 Å². The quantitative estimate of drug-likeness (QED) is 0.619. The molecule has 0 aliphatic rings. The molecule has 0 radical (unpaired) electrons. The zero-order valence-electron chi connectivity index (χ0n) is 11.5. The molecule has 1 atom stereocenters. The third-order valence-electron chi connectivity index (χ3n) is 2.57. The fourth-order valence-corrected chi connectivity index (χ4v) is 1.49. The van der Waals surface area contributed by atoms with Crippen LogP contribution in [0.4, 0.5) is 16.2 Å². The number of hydrogen-bond donors (Lipinski definition) is 4. The van der Waals surface area contributed by atoms with Crippen LogP contribution in [0.5, 0.6) is 0 Å². The molecule has 0 spiro atoms. The van der Waals surface area contributed by atoms with Crippen molar-refractivity contribution in [2.24, 2.45) is 5.73 Å². The molecular weight excluding hydrogens is 278 g/mol. The van der Waals surface area contributed by atoms with Gasteiger partial charge in [-0.1, -0.05) is 6.07 Å². The predicted molar refractivity (Wildman–Crippen MR) is 75.9 cm³/mol. The number of benzene rings is 1. The van der Waals surface area contributed by atoms with E-state index in [0.29, 0.717) is 11.4 Å². The monoisotopic (exact) mass is 295 g/mol. The summed E-state index contributed by atoms with van der Waals surface area (Å²) in [5.41, 5.74) is 6.46. The lowest BCUT2D eigenvalue weighted by Gasteiger charge is -2.12. The van der Waals surface area contributed by atoms with E-state index in [2.05, 4.69) is 15.4 Å². The summed E-state index contributed by atoms with van der Waals surface area (Å²) in [5, 5.41) is 13.5. The van der Waals surface area contributed by atoms with Gasteiger partial charge < -0.3 is 20.9 Å². The molecule has 1 rings (SSSR count). The summed E-state index contributed by atoms with van der Waals surface area (Å²) < 4.78 is 4.45. The van der Waals surface area contributed by atoms with Crippen LogP contribution >= 0.6 is 0 Å². The van der Waals surface area contributed by atoms with Gasteiger partial charge in [0.15, 0.2) is 0 Å². The second-order valence-electron chi connectivity index (χ2n) is 4.23. The largest absolute Gasteiger partial charge is 0.481 e. The first-order valence-electron chi connectivity index (χ1n) is 6.15. The van der Waals surface area contributed by atoms with Crippen LogP contribution in [0, 0.1) is 0 Å². The van der Waals surface area contributed by atoms with Crippen molar-refractivity contribution in [2.75, 3.05) is 17.7 Å². The molecule has 0 heterocycles. The number of carbonyl (C=O) groups is 3. The molecule has 8 nitrogen and oxygen atoms in total. The molecule has 2 amide bonds. The number of hydrogen-bond acceptors (Lipinski definition) is 5. The molecule has 0 bridgehead atoms. The van der Waals surface area contributed by atoms with Crippen molar-refractivity contribution in [3.8, 4) is 0 Å². The van der Waals surface area contributed by atoms with Gasteiger partial charge in [-0.2, -0.15) is 0 Å². The lowest BCUT2D eigenvalue weighted by atomic mass is 10.1. The van der Waals surface area contributed by atoms with Crippen molar-refractivity contribution in [1.29, 1.82) is 0 Å². The molecule has 114 valence electrons. The molecule has 21 heavy (non-hydrogen) atoms. The van der Waals surface area contributed by atoms with Gasteiger partial charge in [0.2, 0.25) is 5.91 Å². The molecule has 1 aromatic carbocycles. The molecule has 0 saturated carbocycles. The van der Waals surface area contributed by atoms with Crippen molar-refractivity contribution < 1.29 is 24.2 Å². The van der Waals surface area contributed by atoms with E-state index in [4.69, 9.17) is 10.8 Å². The highest BCUT2D eigenvalue weighted by Crippen LogP contribution is 2.15. The Hall–Kier alpha value is -2.61. The van der Waals surface area contributed by atoms with E-state index in [0.717, 1.165) is 0 Å². The first kappa shape index (κ1) is 16.4. The third-order valence-corrected chi connectivity index (χ3v) is 2.57. The minimum absolute atomic E-state index is 0.0429. The summed E-state index contributed by atoms with van der Waals surface area (Å²) in [6.07, 6.45) is -0.767. The van der Waals surface area contributed by atoms with Crippen LogP contribution in [0.25, 0.3) is 0 Å². The highest BCUT2D eigenvalue weighted by Gasteiger charge is 2.15. The van der Waals surface area contributed by atoms with Crippen molar-refractivity contribution in [3.05, 3.63) is 24.3 Å². The van der Waals surface area contributed by atoms with Crippen LogP contribution < -0.4 is 16.4 Å². The summed E-state index contributed by atoms with van der Waals surface area (Å²) >= 11 is 0. The molecule has 0 aliphatic heterocycles. The Labute approximate surface area is 121 Å². The zero-order valence-corrected chi connectivity index (χ0v) is 11.5. The second-order valence-corrected chi connectivity index (χ2v) is 4.23. The lowest BCUT2D eigenvalue weighted by Crippen LogP contribution is -2.36. The summed E-state index contributed by atoms with van der Waals surface area (Å²) in [6.45, 7) is 0. The number of nitrogens with one attached hydrogen (secondary N) is 2. The molecule has 8 heteroatoms. The molecule has 1 aromatic rings. The standard InChI is InChI=1S/C13H17N3O5/c1-21-13(20)16-9-4-2-3-8(7-9)15-12(19)10(14)5-6-11(17)18/h2-4,7,10H,5-6,14H2,1H3,(H,15,19)(H,16,20)(H,17,18). The van der Waals surface area contributed by atoms with Crippen molar-refractivity contribution in [2.45, 2.75) is 18.9 Å². The zero-order chi connectivity index (χ0) is 15.8. The average molecular weight is 295 g/mol. The van der Waals surface area contributed by atoms with Crippen molar-refractivity contribution in [3.63, 3.8) is 0 Å². The summed E-state index contributed by atoms with van der Waals surface area (Å²) in [4.78, 5) is 33.3. The highest BCUT2D eigenvalue weighted by molar-refractivity contribution is 5.95. The smallest absolute Gasteiger partial charge is 0.411 e. The van der Waals surface area contributed by atoms with E-state index in [1.165, 1.54) is 13.2 Å². The molecule has 5 N–H and O–H groups in total. The van der Waals surface area contributed by atoms with Crippen LogP contribution in [-0.4, -0.2) is 36.2 Å². The van der Waals surface area contributed by atoms with Gasteiger partial charge in [0.1, 0.15) is 0 Å². The Balaban J connectivity index is 2.61. The molecule has 0 fully saturated rings. The normalized spacial score (nSPS) is 11.3. The van der Waals surface area contributed by atoms with Crippen LogP contribution in [0.2, 0.25) is 0 Å². The van der Waals surface area contributed by atoms with Crippen LogP contribution in [0.3, 0.4) is 0 Å². The van der Waals surface area contributed by atoms with E-state index in [1.807, 2.05) is 0 Å². The van der Waals surface area contributed by atoms with Gasteiger partial charge in [0.25, 0.3) is 0 Å². The van der Waals surface area contributed by atoms with Gasteiger partial charge in [-0.15, -0.1) is 0 Å². The summed E-state index contributed by atoms with van der Waals surface area (Å²) in [5.74, 6) is -1.51. The second kappa shape index (κ2) is 7.85. The topological polar surface area (TPSA) is 131 Å². The fourth-order valence-electron chi connectivity index (χ4n) is 1.49. The predicted octanol–water partition coefficient (Wildman–Crippen LogP) is 0.995. The number of ether oxygens (including phenoxy) is 1. The van der Waals surface area contributed by atoms with Gasteiger partial charge >= 0.3 is 12.1 Å². The Morgan fingerprint density at radius 1 is 1.29 bits per heavy atom. The van der Waals surface area contributed by atoms with Crippen molar-refractivity contribution >= 4 is 29.3 Å². The molecule has 0 aliphatic carbocycles. The number of aliphatic carboxylic acids is 1. The Morgan fingerprint density at radius 3 is 2.48 bits per heavy atom. The molecular formula is C13H17N3O5. The Bertz CT molecular complexity index is 532.